The summed E-state index contributed by atoms with van der Waals surface area (Å²) in [5, 5.41) is 0. The Morgan fingerprint density at radius 1 is 1.43 bits per heavy atom. The van der Waals surface area contributed by atoms with Gasteiger partial charge in [-0.3, -0.25) is 9.69 Å². The Labute approximate surface area is 133 Å². The fraction of sp³-hybridized carbons (Fsp3) is 0.562. The zero-order chi connectivity index (χ0) is 14.8. The van der Waals surface area contributed by atoms with Crippen LogP contribution in [0.4, 0.5) is 0 Å². The van der Waals surface area contributed by atoms with E-state index in [9.17, 15) is 4.79 Å². The Hall–Kier alpha value is -1.07. The van der Waals surface area contributed by atoms with Crippen LogP contribution in [-0.4, -0.2) is 43.7 Å². The number of carbonyl (C=O) groups excluding carboxylic acids is 1. The van der Waals surface area contributed by atoms with E-state index in [0.29, 0.717) is 0 Å². The first-order valence-electron chi connectivity index (χ1n) is 7.41. The zero-order valence-corrected chi connectivity index (χ0v) is 13.8. The van der Waals surface area contributed by atoms with Crippen LogP contribution >= 0.6 is 15.9 Å². The molecule has 1 unspecified atom stereocenters. The van der Waals surface area contributed by atoms with Crippen LogP contribution in [0, 0.1) is 5.92 Å². The van der Waals surface area contributed by atoms with Gasteiger partial charge in [0.1, 0.15) is 11.9 Å². The molecule has 21 heavy (non-hydrogen) atoms. The molecule has 114 valence electrons. The lowest BCUT2D eigenvalue weighted by Crippen LogP contribution is -2.41. The van der Waals surface area contributed by atoms with E-state index in [2.05, 4.69) is 26.9 Å². The number of hydrogen-bond acceptors (Lipinski definition) is 4. The first-order valence-corrected chi connectivity index (χ1v) is 8.20. The van der Waals surface area contributed by atoms with Crippen molar-refractivity contribution in [3.05, 3.63) is 28.2 Å². The van der Waals surface area contributed by atoms with Crippen molar-refractivity contribution in [3.8, 4) is 5.75 Å². The molecule has 2 heterocycles. The normalized spacial score (nSPS) is 22.7. The van der Waals surface area contributed by atoms with Gasteiger partial charge >= 0.3 is 5.97 Å². The number of rotatable bonds is 3. The minimum Gasteiger partial charge on any atom is -0.488 e. The Balaban J connectivity index is 1.50. The van der Waals surface area contributed by atoms with Crippen LogP contribution in [0.25, 0.3) is 0 Å². The van der Waals surface area contributed by atoms with Gasteiger partial charge in [-0.1, -0.05) is 15.9 Å². The number of nitrogens with zero attached hydrogens (tertiary/aromatic N) is 1. The van der Waals surface area contributed by atoms with Gasteiger partial charge in [-0.25, -0.2) is 0 Å². The van der Waals surface area contributed by atoms with Gasteiger partial charge in [-0.05, 0) is 49.7 Å². The van der Waals surface area contributed by atoms with Crippen molar-refractivity contribution in [3.63, 3.8) is 0 Å². The molecule has 0 bridgehead atoms. The molecule has 1 fully saturated rings. The molecule has 0 radical (unpaired) electrons. The average Bonchev–Trinajstić information content (AvgIpc) is 2.88. The second-order valence-electron chi connectivity index (χ2n) is 5.79. The molecule has 1 aromatic carbocycles. The second kappa shape index (κ2) is 6.36. The molecule has 1 atom stereocenters. The summed E-state index contributed by atoms with van der Waals surface area (Å²) < 4.78 is 11.9. The molecule has 0 amide bonds. The first kappa shape index (κ1) is 14.9. The number of hydrogen-bond donors (Lipinski definition) is 0. The molecule has 0 spiro atoms. The van der Waals surface area contributed by atoms with Gasteiger partial charge in [0.25, 0.3) is 0 Å². The number of esters is 1. The average molecular weight is 354 g/mol. The maximum atomic E-state index is 11.5. The van der Waals surface area contributed by atoms with Crippen LogP contribution in [0.3, 0.4) is 0 Å². The molecule has 3 rings (SSSR count). The highest BCUT2D eigenvalue weighted by Crippen LogP contribution is 2.32. The monoisotopic (exact) mass is 353 g/mol. The van der Waals surface area contributed by atoms with E-state index in [1.807, 2.05) is 12.1 Å². The number of fused-ring (bicyclic) bond motifs is 1. The standard InChI is InChI=1S/C16H20BrNO3/c1-20-16(19)11-4-6-18(7-5-11)10-14-9-12-8-13(17)2-3-15(12)21-14/h2-3,8,11,14H,4-7,9-10H2,1H3. The summed E-state index contributed by atoms with van der Waals surface area (Å²) in [4.78, 5) is 13.9. The predicted molar refractivity (Wildman–Crippen MR) is 83.4 cm³/mol. The van der Waals surface area contributed by atoms with Gasteiger partial charge in [-0.2, -0.15) is 0 Å². The molecule has 0 N–H and O–H groups in total. The van der Waals surface area contributed by atoms with E-state index >= 15 is 0 Å². The van der Waals surface area contributed by atoms with Crippen LogP contribution < -0.4 is 4.74 Å². The summed E-state index contributed by atoms with van der Waals surface area (Å²) in [6.07, 6.45) is 2.96. The Morgan fingerprint density at radius 3 is 2.90 bits per heavy atom. The molecule has 5 heteroatoms. The van der Waals surface area contributed by atoms with E-state index in [1.54, 1.807) is 0 Å². The number of carbonyl (C=O) groups is 1. The predicted octanol–water partition coefficient (Wildman–Crippen LogP) is 2.64. The van der Waals surface area contributed by atoms with Crippen molar-refractivity contribution in [2.75, 3.05) is 26.7 Å². The number of ether oxygens (including phenoxy) is 2. The van der Waals surface area contributed by atoms with Crippen LogP contribution in [0.2, 0.25) is 0 Å². The van der Waals surface area contributed by atoms with E-state index in [4.69, 9.17) is 9.47 Å². The fourth-order valence-electron chi connectivity index (χ4n) is 3.20. The van der Waals surface area contributed by atoms with E-state index in [1.165, 1.54) is 12.7 Å². The van der Waals surface area contributed by atoms with Crippen molar-refractivity contribution in [2.45, 2.75) is 25.4 Å². The largest absolute Gasteiger partial charge is 0.488 e. The number of likely N-dealkylation sites (tertiary alicyclic amines) is 1. The lowest BCUT2D eigenvalue weighted by atomic mass is 9.96. The second-order valence-corrected chi connectivity index (χ2v) is 6.71. The van der Waals surface area contributed by atoms with Crippen molar-refractivity contribution in [1.29, 1.82) is 0 Å². The highest BCUT2D eigenvalue weighted by atomic mass is 79.9. The van der Waals surface area contributed by atoms with E-state index in [-0.39, 0.29) is 18.0 Å². The molecular formula is C16H20BrNO3. The van der Waals surface area contributed by atoms with Gasteiger partial charge < -0.3 is 9.47 Å². The van der Waals surface area contributed by atoms with Gasteiger partial charge in [-0.15, -0.1) is 0 Å². The van der Waals surface area contributed by atoms with Crippen molar-refractivity contribution < 1.29 is 14.3 Å². The summed E-state index contributed by atoms with van der Waals surface area (Å²) in [7, 11) is 1.47. The topological polar surface area (TPSA) is 38.8 Å². The van der Waals surface area contributed by atoms with Crippen molar-refractivity contribution in [2.24, 2.45) is 5.92 Å². The Kier molecular flexibility index (Phi) is 4.50. The number of piperidine rings is 1. The zero-order valence-electron chi connectivity index (χ0n) is 12.2. The van der Waals surface area contributed by atoms with Gasteiger partial charge in [0.15, 0.2) is 0 Å². The molecule has 0 aliphatic carbocycles. The fourth-order valence-corrected chi connectivity index (χ4v) is 3.61. The van der Waals surface area contributed by atoms with Crippen LogP contribution in [0.5, 0.6) is 5.75 Å². The Morgan fingerprint density at radius 2 is 2.19 bits per heavy atom. The highest BCUT2D eigenvalue weighted by Gasteiger charge is 2.29. The maximum Gasteiger partial charge on any atom is 0.308 e. The SMILES string of the molecule is COC(=O)C1CCN(CC2Cc3cc(Br)ccc3O2)CC1. The molecule has 0 saturated carbocycles. The summed E-state index contributed by atoms with van der Waals surface area (Å²) in [5.74, 6) is 1.01. The molecule has 0 aromatic heterocycles. The smallest absolute Gasteiger partial charge is 0.308 e. The third kappa shape index (κ3) is 3.40. The summed E-state index contributed by atoms with van der Waals surface area (Å²) in [5.41, 5.74) is 1.28. The van der Waals surface area contributed by atoms with Gasteiger partial charge in [0.2, 0.25) is 0 Å². The number of benzene rings is 1. The van der Waals surface area contributed by atoms with Gasteiger partial charge in [0, 0.05) is 17.4 Å². The highest BCUT2D eigenvalue weighted by molar-refractivity contribution is 9.10. The van der Waals surface area contributed by atoms with E-state index < -0.39 is 0 Å². The van der Waals surface area contributed by atoms with Crippen LogP contribution in [-0.2, 0) is 16.0 Å². The minimum atomic E-state index is -0.0657. The molecule has 1 aromatic rings. The Bertz CT molecular complexity index is 526. The minimum absolute atomic E-state index is 0.0657. The van der Waals surface area contributed by atoms with Gasteiger partial charge in [0.05, 0.1) is 13.0 Å². The molecule has 2 aliphatic rings. The summed E-state index contributed by atoms with van der Waals surface area (Å²) in [6.45, 7) is 2.82. The van der Waals surface area contributed by atoms with E-state index in [0.717, 1.165) is 49.1 Å². The third-order valence-corrected chi connectivity index (χ3v) is 4.84. The number of halogens is 1. The van der Waals surface area contributed by atoms with Crippen molar-refractivity contribution >= 4 is 21.9 Å². The first-order chi connectivity index (χ1) is 10.2. The third-order valence-electron chi connectivity index (χ3n) is 4.35. The summed E-state index contributed by atoms with van der Waals surface area (Å²) >= 11 is 3.50. The molecule has 2 aliphatic heterocycles. The lowest BCUT2D eigenvalue weighted by Gasteiger charge is -2.32. The molecule has 1 saturated heterocycles. The number of methoxy groups -OCH3 is 1. The van der Waals surface area contributed by atoms with Crippen LogP contribution in [0.1, 0.15) is 18.4 Å². The molecular weight excluding hydrogens is 334 g/mol. The quantitative estimate of drug-likeness (QED) is 0.783. The maximum absolute atomic E-state index is 11.5. The summed E-state index contributed by atoms with van der Waals surface area (Å²) in [6, 6.07) is 6.19. The van der Waals surface area contributed by atoms with Crippen molar-refractivity contribution in [1.82, 2.24) is 4.90 Å². The lowest BCUT2D eigenvalue weighted by molar-refractivity contribution is -0.147. The van der Waals surface area contributed by atoms with Crippen LogP contribution in [0.15, 0.2) is 22.7 Å². The molecule has 4 nitrogen and oxygen atoms in total.